The van der Waals surface area contributed by atoms with E-state index in [1.54, 1.807) is 6.92 Å². The van der Waals surface area contributed by atoms with E-state index < -0.39 is 12.6 Å². The van der Waals surface area contributed by atoms with Gasteiger partial charge in [-0.3, -0.25) is 0 Å². The molecular weight excluding hydrogens is 129 g/mol. The fourth-order valence-electron chi connectivity index (χ4n) is 0.288. The standard InChI is InChI=1S/C6H7F3/c1-2-3-4-5-6(7,8)9/h2,5H2,1H3. The normalized spacial score (nSPS) is 10.2. The van der Waals surface area contributed by atoms with Gasteiger partial charge < -0.3 is 0 Å². The third kappa shape index (κ3) is 7.35. The molecule has 0 aliphatic carbocycles. The quantitative estimate of drug-likeness (QED) is 0.448. The minimum Gasteiger partial charge on any atom is -0.170 e. The highest BCUT2D eigenvalue weighted by atomic mass is 19.4. The van der Waals surface area contributed by atoms with Gasteiger partial charge in [-0.05, 0) is 0 Å². The van der Waals surface area contributed by atoms with E-state index in [1.807, 2.05) is 5.92 Å². The van der Waals surface area contributed by atoms with Gasteiger partial charge in [0.05, 0.1) is 0 Å². The number of rotatable bonds is 0. The molecule has 0 N–H and O–H groups in total. The van der Waals surface area contributed by atoms with Gasteiger partial charge in [0.15, 0.2) is 0 Å². The first-order valence-corrected chi connectivity index (χ1v) is 2.58. The van der Waals surface area contributed by atoms with E-state index in [9.17, 15) is 13.2 Å². The lowest BCUT2D eigenvalue weighted by atomic mass is 10.4. The summed E-state index contributed by atoms with van der Waals surface area (Å²) in [5.74, 6) is 4.33. The third-order valence-corrected chi connectivity index (χ3v) is 0.591. The highest BCUT2D eigenvalue weighted by molar-refractivity contribution is 4.99. The second kappa shape index (κ2) is 3.39. The molecule has 0 aromatic rings. The van der Waals surface area contributed by atoms with Gasteiger partial charge in [0.25, 0.3) is 0 Å². The third-order valence-electron chi connectivity index (χ3n) is 0.591. The van der Waals surface area contributed by atoms with Gasteiger partial charge >= 0.3 is 6.18 Å². The summed E-state index contributed by atoms with van der Waals surface area (Å²) >= 11 is 0. The zero-order chi connectivity index (χ0) is 7.33. The summed E-state index contributed by atoms with van der Waals surface area (Å²) in [7, 11) is 0. The maximum Gasteiger partial charge on any atom is 0.399 e. The fraction of sp³-hybridized carbons (Fsp3) is 0.667. The molecule has 52 valence electrons. The number of alkyl halides is 3. The van der Waals surface area contributed by atoms with Crippen LogP contribution in [0.1, 0.15) is 19.8 Å². The van der Waals surface area contributed by atoms with Gasteiger partial charge in [-0.1, -0.05) is 12.8 Å². The Morgan fingerprint density at radius 1 is 1.22 bits per heavy atom. The van der Waals surface area contributed by atoms with E-state index in [1.165, 1.54) is 0 Å². The Morgan fingerprint density at radius 2 is 1.78 bits per heavy atom. The molecule has 0 saturated carbocycles. The van der Waals surface area contributed by atoms with E-state index in [2.05, 4.69) is 5.92 Å². The first-order chi connectivity index (χ1) is 4.06. The molecule has 0 nitrogen and oxygen atoms in total. The first-order valence-electron chi connectivity index (χ1n) is 2.58. The van der Waals surface area contributed by atoms with E-state index in [0.29, 0.717) is 6.42 Å². The van der Waals surface area contributed by atoms with Crippen LogP contribution in [0.25, 0.3) is 0 Å². The van der Waals surface area contributed by atoms with Crippen LogP contribution >= 0.6 is 0 Å². The molecule has 3 heteroatoms. The van der Waals surface area contributed by atoms with Gasteiger partial charge in [-0.2, -0.15) is 13.2 Å². The summed E-state index contributed by atoms with van der Waals surface area (Å²) in [5, 5.41) is 0. The van der Waals surface area contributed by atoms with Gasteiger partial charge in [-0.15, -0.1) is 5.92 Å². The van der Waals surface area contributed by atoms with E-state index in [0.717, 1.165) is 0 Å². The minimum atomic E-state index is -4.12. The largest absolute Gasteiger partial charge is 0.399 e. The van der Waals surface area contributed by atoms with Crippen molar-refractivity contribution in [1.82, 2.24) is 0 Å². The van der Waals surface area contributed by atoms with Crippen molar-refractivity contribution >= 4 is 0 Å². The Balaban J connectivity index is 3.50. The SMILES string of the molecule is CCC#CCC(F)(F)F. The Kier molecular flexibility index (Phi) is 3.15. The minimum absolute atomic E-state index is 0.482. The molecule has 0 aliphatic heterocycles. The molecule has 0 spiro atoms. The first kappa shape index (κ1) is 8.35. The number of hydrogen-bond donors (Lipinski definition) is 0. The van der Waals surface area contributed by atoms with Crippen molar-refractivity contribution in [1.29, 1.82) is 0 Å². The Morgan fingerprint density at radius 3 is 2.11 bits per heavy atom. The second-order valence-electron chi connectivity index (χ2n) is 1.50. The lowest BCUT2D eigenvalue weighted by Crippen LogP contribution is -2.04. The van der Waals surface area contributed by atoms with Crippen molar-refractivity contribution in [3.8, 4) is 11.8 Å². The van der Waals surface area contributed by atoms with Crippen molar-refractivity contribution in [3.05, 3.63) is 0 Å². The molecule has 9 heavy (non-hydrogen) atoms. The van der Waals surface area contributed by atoms with Crippen LogP contribution in [-0.2, 0) is 0 Å². The lowest BCUT2D eigenvalue weighted by molar-refractivity contribution is -0.123. The average molecular weight is 136 g/mol. The smallest absolute Gasteiger partial charge is 0.170 e. The summed E-state index contributed by atoms with van der Waals surface area (Å²) in [6.07, 6.45) is -4.63. The predicted molar refractivity (Wildman–Crippen MR) is 28.7 cm³/mol. The summed E-state index contributed by atoms with van der Waals surface area (Å²) in [5.41, 5.74) is 0. The zero-order valence-corrected chi connectivity index (χ0v) is 5.05. The molecule has 0 amide bonds. The molecule has 0 unspecified atom stereocenters. The Labute approximate surface area is 52.1 Å². The van der Waals surface area contributed by atoms with Gasteiger partial charge in [0, 0.05) is 6.42 Å². The van der Waals surface area contributed by atoms with Crippen LogP contribution in [0, 0.1) is 11.8 Å². The molecule has 0 aliphatic rings. The van der Waals surface area contributed by atoms with E-state index >= 15 is 0 Å². The van der Waals surface area contributed by atoms with Crippen LogP contribution in [-0.4, -0.2) is 6.18 Å². The van der Waals surface area contributed by atoms with Crippen molar-refractivity contribution in [2.24, 2.45) is 0 Å². The van der Waals surface area contributed by atoms with Crippen LogP contribution in [0.5, 0.6) is 0 Å². The summed E-state index contributed by atoms with van der Waals surface area (Å²) in [6.45, 7) is 1.71. The fourth-order valence-corrected chi connectivity index (χ4v) is 0.288. The molecule has 0 bridgehead atoms. The Bertz CT molecular complexity index is 123. The highest BCUT2D eigenvalue weighted by Crippen LogP contribution is 2.17. The molecule has 0 atom stereocenters. The van der Waals surface area contributed by atoms with Crippen LogP contribution in [0.4, 0.5) is 13.2 Å². The van der Waals surface area contributed by atoms with Crippen LogP contribution in [0.15, 0.2) is 0 Å². The average Bonchev–Trinajstić information content (AvgIpc) is 1.63. The molecule has 0 aromatic carbocycles. The molecule has 0 fully saturated rings. The maximum atomic E-state index is 11.3. The van der Waals surface area contributed by atoms with Crippen molar-refractivity contribution < 1.29 is 13.2 Å². The van der Waals surface area contributed by atoms with E-state index in [4.69, 9.17) is 0 Å². The summed E-state index contributed by atoms with van der Waals surface area (Å²) in [4.78, 5) is 0. The van der Waals surface area contributed by atoms with Crippen molar-refractivity contribution in [2.75, 3.05) is 0 Å². The van der Waals surface area contributed by atoms with Gasteiger partial charge in [0.1, 0.15) is 6.42 Å². The Hall–Kier alpha value is -0.650. The van der Waals surface area contributed by atoms with Crippen molar-refractivity contribution in [3.63, 3.8) is 0 Å². The maximum absolute atomic E-state index is 11.3. The van der Waals surface area contributed by atoms with Crippen molar-refractivity contribution in [2.45, 2.75) is 25.9 Å². The molecule has 0 radical (unpaired) electrons. The monoisotopic (exact) mass is 136 g/mol. The molecule has 0 saturated heterocycles. The van der Waals surface area contributed by atoms with Gasteiger partial charge in [0.2, 0.25) is 0 Å². The molecule has 0 rings (SSSR count). The van der Waals surface area contributed by atoms with E-state index in [-0.39, 0.29) is 0 Å². The predicted octanol–water partition coefficient (Wildman–Crippen LogP) is 2.35. The lowest BCUT2D eigenvalue weighted by Gasteiger charge is -1.96. The number of hydrogen-bond acceptors (Lipinski definition) is 0. The summed E-state index contributed by atoms with van der Waals surface area (Å²) < 4.78 is 33.8. The molecule has 0 heterocycles. The molecule has 0 aromatic heterocycles. The highest BCUT2D eigenvalue weighted by Gasteiger charge is 2.24. The topological polar surface area (TPSA) is 0 Å². The van der Waals surface area contributed by atoms with Gasteiger partial charge in [-0.25, -0.2) is 0 Å². The second-order valence-corrected chi connectivity index (χ2v) is 1.50. The zero-order valence-electron chi connectivity index (χ0n) is 5.05. The summed E-state index contributed by atoms with van der Waals surface area (Å²) in [6, 6.07) is 0. The molecular formula is C6H7F3. The van der Waals surface area contributed by atoms with Crippen LogP contribution in [0.3, 0.4) is 0 Å². The van der Waals surface area contributed by atoms with Crippen LogP contribution in [0.2, 0.25) is 0 Å². The van der Waals surface area contributed by atoms with Crippen LogP contribution < -0.4 is 0 Å². The number of halogens is 3.